The lowest BCUT2D eigenvalue weighted by molar-refractivity contribution is 0.183. The van der Waals surface area contributed by atoms with E-state index in [0.29, 0.717) is 0 Å². The van der Waals surface area contributed by atoms with Crippen LogP contribution in [0.2, 0.25) is 0 Å². The third kappa shape index (κ3) is 6.02. The molecule has 0 amide bonds. The summed E-state index contributed by atoms with van der Waals surface area (Å²) in [6, 6.07) is 33.1. The van der Waals surface area contributed by atoms with Crippen molar-refractivity contribution in [2.75, 3.05) is 26.2 Å². The Morgan fingerprint density at radius 1 is 0.718 bits per heavy atom. The predicted molar refractivity (Wildman–Crippen MR) is 158 cm³/mol. The Labute approximate surface area is 228 Å². The van der Waals surface area contributed by atoms with Gasteiger partial charge in [-0.3, -0.25) is 9.47 Å². The molecular weight excluding hydrogens is 482 g/mol. The molecule has 196 valence electrons. The number of nitrogens with one attached hydrogen (secondary N) is 1. The van der Waals surface area contributed by atoms with Gasteiger partial charge >= 0.3 is 0 Å². The van der Waals surface area contributed by atoms with Crippen LogP contribution in [0.25, 0.3) is 38.9 Å². The summed E-state index contributed by atoms with van der Waals surface area (Å²) in [7, 11) is 0. The number of ether oxygens (including phenoxy) is 1. The molecule has 6 nitrogen and oxygen atoms in total. The molecule has 0 unspecified atom stereocenters. The molecule has 0 radical (unpaired) electrons. The van der Waals surface area contributed by atoms with Crippen LogP contribution in [0.1, 0.15) is 19.3 Å². The number of piperidine rings is 1. The molecule has 0 spiro atoms. The van der Waals surface area contributed by atoms with Crippen molar-refractivity contribution in [3.8, 4) is 22.6 Å². The van der Waals surface area contributed by atoms with Crippen molar-refractivity contribution in [2.24, 2.45) is 0 Å². The molecule has 2 aromatic heterocycles. The number of hydrogen-bond acceptors (Lipinski definition) is 4. The maximum Gasteiger partial charge on any atom is 0.119 e. The molecule has 4 aromatic carbocycles. The lowest BCUT2D eigenvalue weighted by atomic mass is 10.0. The van der Waals surface area contributed by atoms with Gasteiger partial charge in [0.15, 0.2) is 0 Å². The quantitative estimate of drug-likeness (QED) is 0.257. The van der Waals surface area contributed by atoms with E-state index in [2.05, 4.69) is 79.0 Å². The number of likely N-dealkylation sites (tertiary alicyclic amines) is 1. The molecule has 39 heavy (non-hydrogen) atoms. The number of aromatic nitrogens is 4. The molecule has 0 atom stereocenters. The van der Waals surface area contributed by atoms with E-state index in [1.807, 2.05) is 48.8 Å². The van der Waals surface area contributed by atoms with Gasteiger partial charge in [-0.05, 0) is 85.6 Å². The van der Waals surface area contributed by atoms with Gasteiger partial charge in [0.25, 0.3) is 0 Å². The first kappa shape index (κ1) is 24.9. The second-order valence-corrected chi connectivity index (χ2v) is 9.85. The van der Waals surface area contributed by atoms with E-state index >= 15 is 0 Å². The van der Waals surface area contributed by atoms with Gasteiger partial charge in [0, 0.05) is 12.2 Å². The van der Waals surface area contributed by atoms with Crippen molar-refractivity contribution in [3.05, 3.63) is 110 Å². The zero-order valence-corrected chi connectivity index (χ0v) is 22.0. The fourth-order valence-electron chi connectivity index (χ4n) is 5.09. The van der Waals surface area contributed by atoms with E-state index in [-0.39, 0.29) is 0 Å². The largest absolute Gasteiger partial charge is 0.492 e. The monoisotopic (exact) mass is 515 g/mol. The van der Waals surface area contributed by atoms with Gasteiger partial charge in [0.2, 0.25) is 0 Å². The molecule has 1 aliphatic rings. The lowest BCUT2D eigenvalue weighted by Gasteiger charge is -2.26. The van der Waals surface area contributed by atoms with Gasteiger partial charge in [-0.25, -0.2) is 9.97 Å². The van der Waals surface area contributed by atoms with E-state index < -0.39 is 0 Å². The molecule has 1 saturated heterocycles. The molecule has 6 aromatic rings. The summed E-state index contributed by atoms with van der Waals surface area (Å²) < 4.78 is 8.09. The van der Waals surface area contributed by atoms with Crippen LogP contribution in [-0.4, -0.2) is 50.7 Å². The summed E-state index contributed by atoms with van der Waals surface area (Å²) >= 11 is 0. The van der Waals surface area contributed by atoms with Crippen LogP contribution >= 0.6 is 0 Å². The normalized spacial score (nSPS) is 13.7. The Bertz CT molecular complexity index is 1580. The van der Waals surface area contributed by atoms with Crippen LogP contribution in [0.4, 0.5) is 0 Å². The molecule has 6 heteroatoms. The second-order valence-electron chi connectivity index (χ2n) is 9.85. The molecule has 1 N–H and O–H groups in total. The average Bonchev–Trinajstić information content (AvgIpc) is 3.66. The fourth-order valence-corrected chi connectivity index (χ4v) is 5.09. The van der Waals surface area contributed by atoms with E-state index in [9.17, 15) is 0 Å². The molecule has 3 heterocycles. The number of aromatic amines is 1. The number of hydrogen-bond donors (Lipinski definition) is 1. The highest BCUT2D eigenvalue weighted by Crippen LogP contribution is 2.27. The summed E-state index contributed by atoms with van der Waals surface area (Å²) in [5.74, 6) is 0.935. The van der Waals surface area contributed by atoms with Crippen molar-refractivity contribution in [1.29, 1.82) is 0 Å². The van der Waals surface area contributed by atoms with Crippen LogP contribution < -0.4 is 4.74 Å². The van der Waals surface area contributed by atoms with Gasteiger partial charge in [-0.15, -0.1) is 0 Å². The van der Waals surface area contributed by atoms with Gasteiger partial charge < -0.3 is 9.72 Å². The summed E-state index contributed by atoms with van der Waals surface area (Å²) in [4.78, 5) is 14.2. The first-order valence-electron chi connectivity index (χ1n) is 13.7. The predicted octanol–water partition coefficient (Wildman–Crippen LogP) is 7.12. The molecule has 1 aliphatic heterocycles. The van der Waals surface area contributed by atoms with Crippen molar-refractivity contribution in [2.45, 2.75) is 19.3 Å². The number of imidazole rings is 2. The molecule has 1 fully saturated rings. The highest BCUT2D eigenvalue weighted by Gasteiger charge is 2.10. The van der Waals surface area contributed by atoms with E-state index in [0.717, 1.165) is 46.7 Å². The van der Waals surface area contributed by atoms with Crippen molar-refractivity contribution >= 4 is 22.1 Å². The molecule has 7 rings (SSSR count). The van der Waals surface area contributed by atoms with Gasteiger partial charge in [-0.1, -0.05) is 55.0 Å². The average molecular weight is 516 g/mol. The summed E-state index contributed by atoms with van der Waals surface area (Å²) in [6.07, 6.45) is 7.61. The Morgan fingerprint density at radius 2 is 1.49 bits per heavy atom. The summed E-state index contributed by atoms with van der Waals surface area (Å²) in [5, 5.41) is 0. The van der Waals surface area contributed by atoms with Crippen LogP contribution in [0.3, 0.4) is 0 Å². The summed E-state index contributed by atoms with van der Waals surface area (Å²) in [6.45, 7) is 4.19. The van der Waals surface area contributed by atoms with E-state index in [4.69, 9.17) is 4.74 Å². The molecule has 0 bridgehead atoms. The molecule has 0 aliphatic carbocycles. The third-order valence-corrected chi connectivity index (χ3v) is 7.22. The fraction of sp³-hybridized carbons (Fsp3) is 0.212. The number of para-hydroxylation sites is 3. The van der Waals surface area contributed by atoms with Crippen molar-refractivity contribution in [1.82, 2.24) is 24.4 Å². The highest BCUT2D eigenvalue weighted by atomic mass is 16.5. The number of fused-ring (bicyclic) bond motifs is 2. The summed E-state index contributed by atoms with van der Waals surface area (Å²) in [5.41, 5.74) is 7.70. The zero-order chi connectivity index (χ0) is 26.3. The standard InChI is InChI=1S/C26H27N3O.C7H6N2/c1-3-7-23(8-4-1)29-20-27-25-19-22(11-14-26(25)29)21-9-12-24(13-10-21)30-18-17-28-15-5-2-6-16-28;1-2-4-7-6(3-1)8-5-9-7/h1,3-4,7-14,19-20H,2,5-6,15-18H2;1-5H,(H,8,9). The van der Waals surface area contributed by atoms with Crippen LogP contribution in [0, 0.1) is 0 Å². The second kappa shape index (κ2) is 12.0. The van der Waals surface area contributed by atoms with Crippen LogP contribution in [0.15, 0.2) is 110 Å². The van der Waals surface area contributed by atoms with E-state index in [1.54, 1.807) is 6.33 Å². The van der Waals surface area contributed by atoms with Crippen molar-refractivity contribution < 1.29 is 4.74 Å². The highest BCUT2D eigenvalue weighted by molar-refractivity contribution is 5.83. The number of rotatable bonds is 6. The SMILES string of the molecule is c1ccc(-n2cnc3cc(-c4ccc(OCCN5CCCCC5)cc4)ccc32)cc1.c1ccc2[nH]cnc2c1. The lowest BCUT2D eigenvalue weighted by Crippen LogP contribution is -2.33. The number of nitrogens with zero attached hydrogens (tertiary/aromatic N) is 4. The Kier molecular flexibility index (Phi) is 7.64. The minimum atomic E-state index is 0.752. The van der Waals surface area contributed by atoms with Crippen molar-refractivity contribution in [3.63, 3.8) is 0 Å². The first-order chi connectivity index (χ1) is 19.3. The third-order valence-electron chi connectivity index (χ3n) is 7.22. The van der Waals surface area contributed by atoms with E-state index in [1.165, 1.54) is 43.5 Å². The maximum atomic E-state index is 5.96. The Hall–Kier alpha value is -4.42. The zero-order valence-electron chi connectivity index (χ0n) is 22.0. The minimum Gasteiger partial charge on any atom is -0.492 e. The molecule has 0 saturated carbocycles. The first-order valence-corrected chi connectivity index (χ1v) is 13.7. The Balaban J connectivity index is 0.000000258. The Morgan fingerprint density at radius 3 is 2.31 bits per heavy atom. The molecular formula is C33H33N5O. The number of H-pyrrole nitrogens is 1. The number of benzene rings is 4. The minimum absolute atomic E-state index is 0.752. The van der Waals surface area contributed by atoms with Gasteiger partial charge in [0.05, 0.1) is 28.4 Å². The van der Waals surface area contributed by atoms with Gasteiger partial charge in [0.1, 0.15) is 18.7 Å². The smallest absolute Gasteiger partial charge is 0.119 e. The topological polar surface area (TPSA) is 59.0 Å². The van der Waals surface area contributed by atoms with Crippen LogP contribution in [0.5, 0.6) is 5.75 Å². The van der Waals surface area contributed by atoms with Gasteiger partial charge in [-0.2, -0.15) is 0 Å². The maximum absolute atomic E-state index is 5.96. The van der Waals surface area contributed by atoms with Crippen LogP contribution in [-0.2, 0) is 0 Å².